The van der Waals surface area contributed by atoms with E-state index in [1.165, 1.54) is 17.2 Å². The average Bonchev–Trinajstić information content (AvgIpc) is 3.69. The van der Waals surface area contributed by atoms with E-state index in [4.69, 9.17) is 15.7 Å². The fourth-order valence-corrected chi connectivity index (χ4v) is 3.91. The quantitative estimate of drug-likeness (QED) is 0.414. The zero-order valence-corrected chi connectivity index (χ0v) is 21.0. The Hall–Kier alpha value is -4.35. The summed E-state index contributed by atoms with van der Waals surface area (Å²) in [5, 5.41) is 13.4. The molecule has 1 fully saturated rings. The normalized spacial score (nSPS) is 15.7. The molecular weight excluding hydrogens is 464 g/mol. The Morgan fingerprint density at radius 1 is 1.05 bits per heavy atom. The number of nitrogens with zero attached hydrogens (tertiary/aromatic N) is 5. The molecular formula is C29H30N6O2. The lowest BCUT2D eigenvalue weighted by Gasteiger charge is -2.08. The van der Waals surface area contributed by atoms with E-state index in [1.807, 2.05) is 50.2 Å². The van der Waals surface area contributed by atoms with Crippen molar-refractivity contribution >= 4 is 0 Å². The molecule has 5 rings (SSSR count). The van der Waals surface area contributed by atoms with Crippen molar-refractivity contribution in [2.45, 2.75) is 26.8 Å². The Bertz CT molecular complexity index is 1440. The van der Waals surface area contributed by atoms with Crippen LogP contribution in [0, 0.1) is 37.0 Å². The molecule has 1 saturated carbocycles. The molecule has 2 aromatic carbocycles. The second kappa shape index (κ2) is 12.1. The van der Waals surface area contributed by atoms with E-state index in [0.717, 1.165) is 41.4 Å². The van der Waals surface area contributed by atoms with Crippen molar-refractivity contribution < 1.29 is 4.74 Å². The van der Waals surface area contributed by atoms with Gasteiger partial charge in [-0.15, -0.1) is 0 Å². The van der Waals surface area contributed by atoms with Crippen LogP contribution in [0.3, 0.4) is 0 Å². The van der Waals surface area contributed by atoms with Crippen LogP contribution in [0.5, 0.6) is 5.75 Å². The maximum Gasteiger partial charge on any atom is 0.267 e. The molecule has 37 heavy (non-hydrogen) atoms. The van der Waals surface area contributed by atoms with Crippen LogP contribution in [0.2, 0.25) is 0 Å². The first kappa shape index (κ1) is 25.7. The van der Waals surface area contributed by atoms with Crippen LogP contribution in [-0.2, 0) is 6.54 Å². The predicted molar refractivity (Wildman–Crippen MR) is 142 cm³/mol. The molecule has 0 spiro atoms. The number of nitrogens with two attached hydrogens (primary N) is 1. The second-order valence-electron chi connectivity index (χ2n) is 9.16. The van der Waals surface area contributed by atoms with Gasteiger partial charge in [0.2, 0.25) is 0 Å². The van der Waals surface area contributed by atoms with Crippen LogP contribution in [0.25, 0.3) is 11.3 Å². The Morgan fingerprint density at radius 3 is 2.54 bits per heavy atom. The summed E-state index contributed by atoms with van der Waals surface area (Å²) in [6.07, 6.45) is 4.62. The number of ether oxygens (including phenoxy) is 1. The summed E-state index contributed by atoms with van der Waals surface area (Å²) in [6, 6.07) is 20.5. The smallest absolute Gasteiger partial charge is 0.267 e. The van der Waals surface area contributed by atoms with Gasteiger partial charge in [0, 0.05) is 11.6 Å². The van der Waals surface area contributed by atoms with Crippen LogP contribution in [0.4, 0.5) is 0 Å². The summed E-state index contributed by atoms with van der Waals surface area (Å²) in [5.41, 5.74) is 9.63. The molecule has 0 amide bonds. The summed E-state index contributed by atoms with van der Waals surface area (Å²) >= 11 is 0. The third-order valence-corrected chi connectivity index (χ3v) is 6.16. The van der Waals surface area contributed by atoms with Crippen LogP contribution in [0.15, 0.2) is 77.9 Å². The van der Waals surface area contributed by atoms with E-state index >= 15 is 0 Å². The molecule has 1 aliphatic rings. The highest BCUT2D eigenvalue weighted by Crippen LogP contribution is 2.37. The number of aryl methyl sites for hydroxylation is 2. The topological polar surface area (TPSA) is 120 Å². The number of hydrogen-bond acceptors (Lipinski definition) is 7. The molecule has 2 N–H and O–H groups in total. The van der Waals surface area contributed by atoms with E-state index in [1.54, 1.807) is 30.6 Å². The van der Waals surface area contributed by atoms with E-state index in [0.29, 0.717) is 29.6 Å². The molecule has 188 valence electrons. The first-order valence-electron chi connectivity index (χ1n) is 12.2. The molecule has 2 unspecified atom stereocenters. The first-order valence-corrected chi connectivity index (χ1v) is 12.2. The summed E-state index contributed by atoms with van der Waals surface area (Å²) in [4.78, 5) is 20.2. The van der Waals surface area contributed by atoms with Crippen LogP contribution in [-0.4, -0.2) is 32.9 Å². The lowest BCUT2D eigenvalue weighted by molar-refractivity contribution is 0.289. The van der Waals surface area contributed by atoms with Gasteiger partial charge in [0.1, 0.15) is 5.82 Å². The Labute approximate surface area is 216 Å². The minimum atomic E-state index is -0.147. The summed E-state index contributed by atoms with van der Waals surface area (Å²) < 4.78 is 6.98. The molecule has 4 aromatic rings. The number of rotatable bonds is 7. The molecule has 1 aliphatic carbocycles. The van der Waals surface area contributed by atoms with Crippen molar-refractivity contribution in [1.82, 2.24) is 19.7 Å². The van der Waals surface area contributed by atoms with Gasteiger partial charge in [0.05, 0.1) is 42.9 Å². The minimum Gasteiger partial charge on any atom is -0.490 e. The van der Waals surface area contributed by atoms with Crippen molar-refractivity contribution in [3.63, 3.8) is 0 Å². The van der Waals surface area contributed by atoms with Crippen LogP contribution < -0.4 is 16.0 Å². The highest BCUT2D eigenvalue weighted by Gasteiger charge is 2.36. The number of aromatic nitrogens is 4. The minimum absolute atomic E-state index is 0.147. The number of benzene rings is 2. The van der Waals surface area contributed by atoms with E-state index < -0.39 is 0 Å². The molecule has 8 nitrogen and oxygen atoms in total. The third kappa shape index (κ3) is 7.32. The van der Waals surface area contributed by atoms with Crippen molar-refractivity contribution in [3.8, 4) is 23.1 Å². The van der Waals surface area contributed by atoms with Gasteiger partial charge in [0.25, 0.3) is 5.56 Å². The standard InChI is InChI=1S/C19H15N3O.C10H15N3O/c1-14-4-2-6-16(10-14)13-22-19(23)9-8-18(21-22)17-7-3-5-15(11-17)12-20;1-7-12-4-10(5-13-7)14-6-9-2-8(9)3-11/h2-11H,13H2,1H3;4-5,8-9H,2-3,6,11H2,1H3. The fraction of sp³-hybridized carbons (Fsp3) is 0.276. The van der Waals surface area contributed by atoms with Crippen molar-refractivity contribution in [2.75, 3.05) is 13.2 Å². The molecule has 8 heteroatoms. The average molecular weight is 495 g/mol. The monoisotopic (exact) mass is 494 g/mol. The second-order valence-corrected chi connectivity index (χ2v) is 9.16. The highest BCUT2D eigenvalue weighted by molar-refractivity contribution is 5.60. The molecule has 2 heterocycles. The summed E-state index contributed by atoms with van der Waals surface area (Å²) in [6.45, 7) is 5.82. The highest BCUT2D eigenvalue weighted by atomic mass is 16.5. The van der Waals surface area contributed by atoms with E-state index in [2.05, 4.69) is 21.1 Å². The van der Waals surface area contributed by atoms with Crippen LogP contribution in [0.1, 0.15) is 28.9 Å². The zero-order valence-electron chi connectivity index (χ0n) is 21.0. The van der Waals surface area contributed by atoms with Gasteiger partial charge in [-0.2, -0.15) is 10.4 Å². The van der Waals surface area contributed by atoms with Gasteiger partial charge in [-0.05, 0) is 62.4 Å². The first-order chi connectivity index (χ1) is 17.9. The Morgan fingerprint density at radius 2 is 1.84 bits per heavy atom. The van der Waals surface area contributed by atoms with Gasteiger partial charge < -0.3 is 10.5 Å². The van der Waals surface area contributed by atoms with Gasteiger partial charge in [-0.1, -0.05) is 42.0 Å². The fourth-order valence-electron chi connectivity index (χ4n) is 3.91. The van der Waals surface area contributed by atoms with Crippen molar-refractivity contribution in [2.24, 2.45) is 17.6 Å². The van der Waals surface area contributed by atoms with Gasteiger partial charge >= 0.3 is 0 Å². The van der Waals surface area contributed by atoms with Crippen molar-refractivity contribution in [1.29, 1.82) is 5.26 Å². The molecule has 2 aromatic heterocycles. The number of nitriles is 1. The molecule has 0 aliphatic heterocycles. The maximum atomic E-state index is 12.1. The molecule has 0 bridgehead atoms. The van der Waals surface area contributed by atoms with Crippen LogP contribution >= 0.6 is 0 Å². The van der Waals surface area contributed by atoms with Gasteiger partial charge in [0.15, 0.2) is 5.75 Å². The number of hydrogen-bond donors (Lipinski definition) is 1. The largest absolute Gasteiger partial charge is 0.490 e. The van der Waals surface area contributed by atoms with Gasteiger partial charge in [-0.3, -0.25) is 4.79 Å². The molecule has 2 atom stereocenters. The lowest BCUT2D eigenvalue weighted by Crippen LogP contribution is -2.22. The van der Waals surface area contributed by atoms with E-state index in [9.17, 15) is 4.79 Å². The molecule has 0 saturated heterocycles. The Balaban J connectivity index is 0.000000195. The Kier molecular flexibility index (Phi) is 8.39. The van der Waals surface area contributed by atoms with Gasteiger partial charge in [-0.25, -0.2) is 14.6 Å². The predicted octanol–water partition coefficient (Wildman–Crippen LogP) is 3.90. The SMILES string of the molecule is Cc1cccc(Cn2nc(-c3cccc(C#N)c3)ccc2=O)c1.Cc1ncc(OCC2CC2CN)cn1. The zero-order chi connectivity index (χ0) is 26.2. The summed E-state index contributed by atoms with van der Waals surface area (Å²) in [5.74, 6) is 2.82. The third-order valence-electron chi connectivity index (χ3n) is 6.16. The maximum absolute atomic E-state index is 12.1. The summed E-state index contributed by atoms with van der Waals surface area (Å²) in [7, 11) is 0. The van der Waals surface area contributed by atoms with E-state index in [-0.39, 0.29) is 5.56 Å². The molecule has 0 radical (unpaired) electrons. The lowest BCUT2D eigenvalue weighted by atomic mass is 10.1. The van der Waals surface area contributed by atoms with Crippen molar-refractivity contribution in [3.05, 3.63) is 106 Å².